The van der Waals surface area contributed by atoms with Gasteiger partial charge in [-0.25, -0.2) is 4.98 Å². The topological polar surface area (TPSA) is 34.2 Å². The zero-order chi connectivity index (χ0) is 14.2. The van der Waals surface area contributed by atoms with Crippen LogP contribution in [0.25, 0.3) is 0 Å². The van der Waals surface area contributed by atoms with E-state index < -0.39 is 0 Å². The van der Waals surface area contributed by atoms with Crippen LogP contribution in [0.4, 0.5) is 0 Å². The summed E-state index contributed by atoms with van der Waals surface area (Å²) >= 11 is 6.12. The lowest BCUT2D eigenvalue weighted by Crippen LogP contribution is -2.15. The Bertz CT molecular complexity index is 546. The van der Waals surface area contributed by atoms with Crippen LogP contribution < -0.4 is 10.1 Å². The predicted octanol–water partition coefficient (Wildman–Crippen LogP) is 3.81. The monoisotopic (exact) mass is 290 g/mol. The van der Waals surface area contributed by atoms with Gasteiger partial charge in [-0.3, -0.25) is 0 Å². The standard InChI is InChI=1S/C16H19ClN2O/c1-2-9-18-11-13-7-5-10-19-16(13)20-12-14-6-3-4-8-15(14)17/h3-8,10,18H,2,9,11-12H2,1H3. The quantitative estimate of drug-likeness (QED) is 0.787. The molecule has 0 aliphatic heterocycles. The van der Waals surface area contributed by atoms with Gasteiger partial charge in [0.2, 0.25) is 5.88 Å². The number of aromatic nitrogens is 1. The Morgan fingerprint density at radius 2 is 1.95 bits per heavy atom. The average Bonchev–Trinajstić information content (AvgIpc) is 2.48. The van der Waals surface area contributed by atoms with E-state index in [1.165, 1.54) is 0 Å². The van der Waals surface area contributed by atoms with Crippen molar-refractivity contribution in [3.8, 4) is 5.88 Å². The molecule has 0 amide bonds. The summed E-state index contributed by atoms with van der Waals surface area (Å²) in [7, 11) is 0. The minimum absolute atomic E-state index is 0.428. The van der Waals surface area contributed by atoms with Gasteiger partial charge >= 0.3 is 0 Å². The highest BCUT2D eigenvalue weighted by Gasteiger charge is 2.06. The van der Waals surface area contributed by atoms with E-state index in [9.17, 15) is 0 Å². The highest BCUT2D eigenvalue weighted by Crippen LogP contribution is 2.19. The third-order valence-corrected chi connectivity index (χ3v) is 3.28. The van der Waals surface area contributed by atoms with Crippen molar-refractivity contribution in [3.05, 3.63) is 58.7 Å². The molecule has 0 unspecified atom stereocenters. The first-order valence-electron chi connectivity index (χ1n) is 6.82. The van der Waals surface area contributed by atoms with Crippen molar-refractivity contribution >= 4 is 11.6 Å². The average molecular weight is 291 g/mol. The Morgan fingerprint density at radius 1 is 1.15 bits per heavy atom. The summed E-state index contributed by atoms with van der Waals surface area (Å²) in [5.41, 5.74) is 2.03. The number of rotatable bonds is 7. The second-order valence-electron chi connectivity index (χ2n) is 4.52. The highest BCUT2D eigenvalue weighted by atomic mass is 35.5. The summed E-state index contributed by atoms with van der Waals surface area (Å²) in [5, 5.41) is 4.07. The Kier molecular flexibility index (Phi) is 5.84. The number of benzene rings is 1. The van der Waals surface area contributed by atoms with Gasteiger partial charge in [0.05, 0.1) is 0 Å². The zero-order valence-corrected chi connectivity index (χ0v) is 12.4. The van der Waals surface area contributed by atoms with Gasteiger partial charge in [-0.15, -0.1) is 0 Å². The first-order valence-corrected chi connectivity index (χ1v) is 7.20. The SMILES string of the molecule is CCCNCc1cccnc1OCc1ccccc1Cl. The Labute approximate surface area is 124 Å². The van der Waals surface area contributed by atoms with E-state index in [0.29, 0.717) is 17.5 Å². The molecule has 0 atom stereocenters. The van der Waals surface area contributed by atoms with Gasteiger partial charge in [-0.05, 0) is 25.1 Å². The lowest BCUT2D eigenvalue weighted by molar-refractivity contribution is 0.289. The van der Waals surface area contributed by atoms with E-state index in [4.69, 9.17) is 16.3 Å². The molecule has 4 heteroatoms. The van der Waals surface area contributed by atoms with Crippen molar-refractivity contribution in [3.63, 3.8) is 0 Å². The third-order valence-electron chi connectivity index (χ3n) is 2.91. The van der Waals surface area contributed by atoms with Crippen LogP contribution in [0.3, 0.4) is 0 Å². The fraction of sp³-hybridized carbons (Fsp3) is 0.312. The van der Waals surface area contributed by atoms with Crippen LogP contribution in [0.1, 0.15) is 24.5 Å². The highest BCUT2D eigenvalue weighted by molar-refractivity contribution is 6.31. The maximum atomic E-state index is 6.12. The third kappa shape index (κ3) is 4.22. The molecule has 1 aromatic carbocycles. The normalized spacial score (nSPS) is 10.5. The zero-order valence-electron chi connectivity index (χ0n) is 11.6. The van der Waals surface area contributed by atoms with Gasteiger partial charge in [0, 0.05) is 28.9 Å². The fourth-order valence-electron chi connectivity index (χ4n) is 1.85. The van der Waals surface area contributed by atoms with Crippen LogP contribution in [0.2, 0.25) is 5.02 Å². The fourth-order valence-corrected chi connectivity index (χ4v) is 2.04. The van der Waals surface area contributed by atoms with Crippen LogP contribution in [-0.4, -0.2) is 11.5 Å². The van der Waals surface area contributed by atoms with Gasteiger partial charge in [0.1, 0.15) is 6.61 Å². The minimum atomic E-state index is 0.428. The molecule has 0 fully saturated rings. The first-order chi connectivity index (χ1) is 9.81. The Morgan fingerprint density at radius 3 is 2.75 bits per heavy atom. The smallest absolute Gasteiger partial charge is 0.218 e. The second-order valence-corrected chi connectivity index (χ2v) is 4.93. The Hall–Kier alpha value is -1.58. The van der Waals surface area contributed by atoms with Gasteiger partial charge in [-0.2, -0.15) is 0 Å². The van der Waals surface area contributed by atoms with Gasteiger partial charge < -0.3 is 10.1 Å². The molecule has 106 valence electrons. The maximum absolute atomic E-state index is 6.12. The molecule has 0 aliphatic carbocycles. The molecule has 2 aromatic rings. The summed E-state index contributed by atoms with van der Waals surface area (Å²) < 4.78 is 5.80. The van der Waals surface area contributed by atoms with Crippen LogP contribution in [0.5, 0.6) is 5.88 Å². The lowest BCUT2D eigenvalue weighted by atomic mass is 10.2. The molecule has 1 aromatic heterocycles. The molecule has 1 N–H and O–H groups in total. The number of nitrogens with one attached hydrogen (secondary N) is 1. The number of ether oxygens (including phenoxy) is 1. The maximum Gasteiger partial charge on any atom is 0.218 e. The molecular weight excluding hydrogens is 272 g/mol. The number of nitrogens with zero attached hydrogens (tertiary/aromatic N) is 1. The van der Waals surface area contributed by atoms with E-state index >= 15 is 0 Å². The molecule has 0 radical (unpaired) electrons. The summed E-state index contributed by atoms with van der Waals surface area (Å²) in [6.07, 6.45) is 2.85. The number of hydrogen-bond donors (Lipinski definition) is 1. The molecule has 0 aliphatic rings. The molecule has 2 rings (SSSR count). The van der Waals surface area contributed by atoms with Gasteiger partial charge in [-0.1, -0.05) is 42.8 Å². The van der Waals surface area contributed by atoms with E-state index in [2.05, 4.69) is 17.2 Å². The largest absolute Gasteiger partial charge is 0.473 e. The molecule has 20 heavy (non-hydrogen) atoms. The predicted molar refractivity (Wildman–Crippen MR) is 82.0 cm³/mol. The van der Waals surface area contributed by atoms with Gasteiger partial charge in [0.15, 0.2) is 0 Å². The van der Waals surface area contributed by atoms with Crippen molar-refractivity contribution in [1.29, 1.82) is 0 Å². The molecule has 1 heterocycles. The van der Waals surface area contributed by atoms with Crippen molar-refractivity contribution in [2.24, 2.45) is 0 Å². The summed E-state index contributed by atoms with van der Waals surface area (Å²) in [4.78, 5) is 4.30. The number of pyridine rings is 1. The second kappa shape index (κ2) is 7.88. The van der Waals surface area contributed by atoms with E-state index in [1.807, 2.05) is 36.4 Å². The van der Waals surface area contributed by atoms with E-state index in [-0.39, 0.29) is 0 Å². The summed E-state index contributed by atoms with van der Waals surface area (Å²) in [5.74, 6) is 0.663. The summed E-state index contributed by atoms with van der Waals surface area (Å²) in [6.45, 7) is 4.32. The molecule has 3 nitrogen and oxygen atoms in total. The lowest BCUT2D eigenvalue weighted by Gasteiger charge is -2.11. The first kappa shape index (κ1) is 14.8. The Balaban J connectivity index is 2.00. The molecule has 0 spiro atoms. The molecule has 0 saturated carbocycles. The van der Waals surface area contributed by atoms with Crippen LogP contribution in [-0.2, 0) is 13.2 Å². The van der Waals surface area contributed by atoms with Crippen molar-refractivity contribution in [1.82, 2.24) is 10.3 Å². The number of hydrogen-bond acceptors (Lipinski definition) is 3. The molecule has 0 bridgehead atoms. The van der Waals surface area contributed by atoms with Crippen LogP contribution in [0, 0.1) is 0 Å². The van der Waals surface area contributed by atoms with Crippen LogP contribution >= 0.6 is 11.6 Å². The molecule has 0 saturated heterocycles. The van der Waals surface area contributed by atoms with Crippen molar-refractivity contribution in [2.45, 2.75) is 26.5 Å². The number of halogens is 1. The minimum Gasteiger partial charge on any atom is -0.473 e. The van der Waals surface area contributed by atoms with Crippen molar-refractivity contribution < 1.29 is 4.74 Å². The van der Waals surface area contributed by atoms with Crippen LogP contribution in [0.15, 0.2) is 42.6 Å². The van der Waals surface area contributed by atoms with E-state index in [1.54, 1.807) is 6.20 Å². The summed E-state index contributed by atoms with van der Waals surface area (Å²) in [6, 6.07) is 11.6. The van der Waals surface area contributed by atoms with Crippen molar-refractivity contribution in [2.75, 3.05) is 6.54 Å². The van der Waals surface area contributed by atoms with Gasteiger partial charge in [0.25, 0.3) is 0 Å². The van der Waals surface area contributed by atoms with E-state index in [0.717, 1.165) is 30.6 Å². The molecular formula is C16H19ClN2O.